The molecule has 0 amide bonds. The van der Waals surface area contributed by atoms with Crippen molar-refractivity contribution in [3.63, 3.8) is 0 Å². The highest BCUT2D eigenvalue weighted by Crippen LogP contribution is 2.28. The van der Waals surface area contributed by atoms with Crippen LogP contribution in [-0.2, 0) is 0 Å². The maximum atomic E-state index is 9.51. The van der Waals surface area contributed by atoms with Crippen LogP contribution in [0.25, 0.3) is 5.57 Å². The van der Waals surface area contributed by atoms with Crippen molar-refractivity contribution in [3.05, 3.63) is 34.8 Å². The first-order valence-corrected chi connectivity index (χ1v) is 4.81. The SMILES string of the molecule is C=C(CCN)c1cc(Br)ccc1O. The number of aromatic hydroxyl groups is 1. The lowest BCUT2D eigenvalue weighted by atomic mass is 10.0. The molecule has 0 fully saturated rings. The number of halogens is 1. The molecule has 2 nitrogen and oxygen atoms in total. The van der Waals surface area contributed by atoms with Crippen LogP contribution in [0.1, 0.15) is 12.0 Å². The molecule has 3 N–H and O–H groups in total. The first-order chi connectivity index (χ1) is 6.15. The number of rotatable bonds is 3. The van der Waals surface area contributed by atoms with Gasteiger partial charge < -0.3 is 10.8 Å². The van der Waals surface area contributed by atoms with Gasteiger partial charge in [-0.2, -0.15) is 0 Å². The normalized spacial score (nSPS) is 10.0. The summed E-state index contributed by atoms with van der Waals surface area (Å²) in [5.74, 6) is 0.252. The quantitative estimate of drug-likeness (QED) is 0.855. The number of phenols is 1. The Morgan fingerprint density at radius 3 is 2.85 bits per heavy atom. The molecule has 0 aliphatic carbocycles. The number of hydrogen-bond donors (Lipinski definition) is 2. The molecule has 0 aliphatic heterocycles. The minimum absolute atomic E-state index is 0.252. The molecule has 1 rings (SSSR count). The first-order valence-electron chi connectivity index (χ1n) is 4.02. The Kier molecular flexibility index (Phi) is 3.51. The molecule has 0 atom stereocenters. The average molecular weight is 242 g/mol. The average Bonchev–Trinajstić information content (AvgIpc) is 2.09. The van der Waals surface area contributed by atoms with E-state index in [4.69, 9.17) is 5.73 Å². The zero-order valence-electron chi connectivity index (χ0n) is 7.26. The van der Waals surface area contributed by atoms with Crippen molar-refractivity contribution in [2.24, 2.45) is 5.73 Å². The van der Waals surface area contributed by atoms with E-state index in [1.807, 2.05) is 6.07 Å². The van der Waals surface area contributed by atoms with Crippen LogP contribution in [0.3, 0.4) is 0 Å². The molecule has 0 heterocycles. The second-order valence-electron chi connectivity index (χ2n) is 2.80. The van der Waals surface area contributed by atoms with Gasteiger partial charge in [0, 0.05) is 10.0 Å². The highest BCUT2D eigenvalue weighted by molar-refractivity contribution is 9.10. The molecule has 0 saturated carbocycles. The van der Waals surface area contributed by atoms with Crippen molar-refractivity contribution < 1.29 is 5.11 Å². The molecule has 0 unspecified atom stereocenters. The molecule has 1 aromatic rings. The largest absolute Gasteiger partial charge is 0.507 e. The van der Waals surface area contributed by atoms with Crippen LogP contribution in [0.15, 0.2) is 29.3 Å². The fraction of sp³-hybridized carbons (Fsp3) is 0.200. The first kappa shape index (κ1) is 10.3. The van der Waals surface area contributed by atoms with E-state index in [0.717, 1.165) is 15.6 Å². The summed E-state index contributed by atoms with van der Waals surface area (Å²) in [5.41, 5.74) is 7.03. The van der Waals surface area contributed by atoms with E-state index in [2.05, 4.69) is 22.5 Å². The maximum Gasteiger partial charge on any atom is 0.123 e. The lowest BCUT2D eigenvalue weighted by molar-refractivity contribution is 0.473. The zero-order chi connectivity index (χ0) is 9.84. The van der Waals surface area contributed by atoms with Gasteiger partial charge in [-0.25, -0.2) is 0 Å². The zero-order valence-corrected chi connectivity index (χ0v) is 8.84. The van der Waals surface area contributed by atoms with E-state index < -0.39 is 0 Å². The smallest absolute Gasteiger partial charge is 0.123 e. The minimum Gasteiger partial charge on any atom is -0.507 e. The van der Waals surface area contributed by atoms with Crippen LogP contribution >= 0.6 is 15.9 Å². The Hall–Kier alpha value is -0.800. The summed E-state index contributed by atoms with van der Waals surface area (Å²) in [6.45, 7) is 4.40. The Bertz CT molecular complexity index is 323. The number of hydrogen-bond acceptors (Lipinski definition) is 2. The molecule has 0 spiro atoms. The van der Waals surface area contributed by atoms with Crippen LogP contribution in [0, 0.1) is 0 Å². The molecule has 0 bridgehead atoms. The Morgan fingerprint density at radius 1 is 1.54 bits per heavy atom. The summed E-state index contributed by atoms with van der Waals surface area (Å²) in [7, 11) is 0. The summed E-state index contributed by atoms with van der Waals surface area (Å²) in [6, 6.07) is 5.27. The van der Waals surface area contributed by atoms with Crippen LogP contribution in [0.5, 0.6) is 5.75 Å². The van der Waals surface area contributed by atoms with Gasteiger partial charge >= 0.3 is 0 Å². The second-order valence-corrected chi connectivity index (χ2v) is 3.72. The third kappa shape index (κ3) is 2.57. The Morgan fingerprint density at radius 2 is 2.23 bits per heavy atom. The predicted octanol–water partition coefficient (Wildman–Crippen LogP) is 2.52. The molecule has 1 aromatic carbocycles. The molecular formula is C10H12BrNO. The van der Waals surface area contributed by atoms with Crippen molar-refractivity contribution in [3.8, 4) is 5.75 Å². The van der Waals surface area contributed by atoms with Gasteiger partial charge in [0.05, 0.1) is 0 Å². The van der Waals surface area contributed by atoms with Gasteiger partial charge in [-0.15, -0.1) is 0 Å². The summed E-state index contributed by atoms with van der Waals surface area (Å²) >= 11 is 3.33. The monoisotopic (exact) mass is 241 g/mol. The Labute approximate surface area is 86.2 Å². The van der Waals surface area contributed by atoms with Gasteiger partial charge in [0.2, 0.25) is 0 Å². The standard InChI is InChI=1S/C10H12BrNO/c1-7(4-5-12)9-6-8(11)2-3-10(9)13/h2-3,6,13H,1,4-5,12H2. The summed E-state index contributed by atoms with van der Waals surface area (Å²) in [5, 5.41) is 9.51. The second kappa shape index (κ2) is 4.44. The maximum absolute atomic E-state index is 9.51. The van der Waals surface area contributed by atoms with E-state index in [0.29, 0.717) is 13.0 Å². The van der Waals surface area contributed by atoms with Crippen molar-refractivity contribution >= 4 is 21.5 Å². The van der Waals surface area contributed by atoms with E-state index >= 15 is 0 Å². The number of nitrogens with two attached hydrogens (primary N) is 1. The lowest BCUT2D eigenvalue weighted by Gasteiger charge is -2.07. The van der Waals surface area contributed by atoms with Gasteiger partial charge in [-0.05, 0) is 36.7 Å². The van der Waals surface area contributed by atoms with Crippen molar-refractivity contribution in [2.75, 3.05) is 6.54 Å². The van der Waals surface area contributed by atoms with E-state index in [1.54, 1.807) is 12.1 Å². The predicted molar refractivity (Wildman–Crippen MR) is 58.5 cm³/mol. The third-order valence-corrected chi connectivity index (χ3v) is 2.28. The molecule has 0 aromatic heterocycles. The summed E-state index contributed by atoms with van der Waals surface area (Å²) < 4.78 is 0.929. The van der Waals surface area contributed by atoms with Crippen molar-refractivity contribution in [1.82, 2.24) is 0 Å². The van der Waals surface area contributed by atoms with Crippen molar-refractivity contribution in [1.29, 1.82) is 0 Å². The van der Waals surface area contributed by atoms with Gasteiger partial charge in [0.1, 0.15) is 5.75 Å². The van der Waals surface area contributed by atoms with Crippen LogP contribution in [0.4, 0.5) is 0 Å². The molecule has 0 saturated heterocycles. The molecule has 0 aliphatic rings. The highest BCUT2D eigenvalue weighted by Gasteiger charge is 2.04. The minimum atomic E-state index is 0.252. The van der Waals surface area contributed by atoms with Crippen LogP contribution in [0.2, 0.25) is 0 Å². The van der Waals surface area contributed by atoms with Gasteiger partial charge in [0.15, 0.2) is 0 Å². The Balaban J connectivity index is 2.99. The van der Waals surface area contributed by atoms with Gasteiger partial charge in [-0.1, -0.05) is 22.5 Å². The third-order valence-electron chi connectivity index (χ3n) is 1.79. The fourth-order valence-electron chi connectivity index (χ4n) is 1.10. The van der Waals surface area contributed by atoms with E-state index in [1.165, 1.54) is 0 Å². The van der Waals surface area contributed by atoms with Gasteiger partial charge in [0.25, 0.3) is 0 Å². The van der Waals surface area contributed by atoms with Gasteiger partial charge in [-0.3, -0.25) is 0 Å². The summed E-state index contributed by atoms with van der Waals surface area (Å²) in [4.78, 5) is 0. The van der Waals surface area contributed by atoms with E-state index in [-0.39, 0.29) is 5.75 Å². The molecular weight excluding hydrogens is 230 g/mol. The molecule has 0 radical (unpaired) electrons. The highest BCUT2D eigenvalue weighted by atomic mass is 79.9. The number of phenolic OH excluding ortho intramolecular Hbond substituents is 1. The van der Waals surface area contributed by atoms with Crippen LogP contribution < -0.4 is 5.73 Å². The lowest BCUT2D eigenvalue weighted by Crippen LogP contribution is -1.99. The molecule has 13 heavy (non-hydrogen) atoms. The molecule has 3 heteroatoms. The van der Waals surface area contributed by atoms with Crippen molar-refractivity contribution in [2.45, 2.75) is 6.42 Å². The summed E-state index contributed by atoms with van der Waals surface area (Å²) in [6.07, 6.45) is 0.698. The van der Waals surface area contributed by atoms with E-state index in [9.17, 15) is 5.11 Å². The topological polar surface area (TPSA) is 46.2 Å². The molecule has 70 valence electrons. The fourth-order valence-corrected chi connectivity index (χ4v) is 1.46. The number of benzene rings is 1. The van der Waals surface area contributed by atoms with Crippen LogP contribution in [-0.4, -0.2) is 11.7 Å².